The highest BCUT2D eigenvalue weighted by Gasteiger charge is 2.10. The van der Waals surface area contributed by atoms with Gasteiger partial charge in [0.15, 0.2) is 6.29 Å². The van der Waals surface area contributed by atoms with Gasteiger partial charge in [-0.3, -0.25) is 4.79 Å². The summed E-state index contributed by atoms with van der Waals surface area (Å²) in [7, 11) is 1.66. The average Bonchev–Trinajstić information content (AvgIpc) is 2.91. The standard InChI is InChI=1S/C17H16N2O2/c1-11-7-14(21-3)4-5-15(11)16-9-19-8-13(10-20)6-12(2)17(19)18-16/h4-10H,1-3H3. The van der Waals surface area contributed by atoms with Crippen molar-refractivity contribution in [2.24, 2.45) is 0 Å². The molecule has 21 heavy (non-hydrogen) atoms. The van der Waals surface area contributed by atoms with Crippen LogP contribution < -0.4 is 4.74 Å². The van der Waals surface area contributed by atoms with Crippen LogP contribution in [-0.4, -0.2) is 22.8 Å². The van der Waals surface area contributed by atoms with Gasteiger partial charge >= 0.3 is 0 Å². The van der Waals surface area contributed by atoms with E-state index in [4.69, 9.17) is 4.74 Å². The van der Waals surface area contributed by atoms with Crippen LogP contribution in [0.25, 0.3) is 16.9 Å². The number of hydrogen-bond acceptors (Lipinski definition) is 3. The normalized spacial score (nSPS) is 10.8. The summed E-state index contributed by atoms with van der Waals surface area (Å²) in [5, 5.41) is 0. The van der Waals surface area contributed by atoms with Crippen LogP contribution in [0.5, 0.6) is 5.75 Å². The first-order valence-corrected chi connectivity index (χ1v) is 6.72. The molecule has 0 N–H and O–H groups in total. The van der Waals surface area contributed by atoms with Crippen molar-refractivity contribution in [3.63, 3.8) is 0 Å². The number of carbonyl (C=O) groups excluding carboxylic acids is 1. The molecule has 2 aromatic heterocycles. The van der Waals surface area contributed by atoms with Crippen LogP contribution in [0.1, 0.15) is 21.5 Å². The maximum absolute atomic E-state index is 11.0. The molecular weight excluding hydrogens is 264 g/mol. The van der Waals surface area contributed by atoms with Crippen molar-refractivity contribution in [2.45, 2.75) is 13.8 Å². The van der Waals surface area contributed by atoms with Crippen molar-refractivity contribution in [1.29, 1.82) is 0 Å². The topological polar surface area (TPSA) is 43.6 Å². The molecule has 4 heteroatoms. The van der Waals surface area contributed by atoms with Gasteiger partial charge in [0.05, 0.1) is 12.8 Å². The van der Waals surface area contributed by atoms with Gasteiger partial charge in [-0.05, 0) is 49.2 Å². The summed E-state index contributed by atoms with van der Waals surface area (Å²) in [6.45, 7) is 3.99. The minimum Gasteiger partial charge on any atom is -0.497 e. The van der Waals surface area contributed by atoms with Crippen LogP contribution in [0.3, 0.4) is 0 Å². The number of fused-ring (bicyclic) bond motifs is 1. The third-order valence-corrected chi connectivity index (χ3v) is 3.60. The Labute approximate surface area is 123 Å². The number of aryl methyl sites for hydroxylation is 2. The molecule has 0 bridgehead atoms. The second-order valence-electron chi connectivity index (χ2n) is 5.11. The summed E-state index contributed by atoms with van der Waals surface area (Å²) in [6, 6.07) is 7.77. The Morgan fingerprint density at radius 3 is 2.62 bits per heavy atom. The Bertz CT molecular complexity index is 834. The number of rotatable bonds is 3. The number of pyridine rings is 1. The van der Waals surface area contributed by atoms with Crippen LogP contribution in [0.15, 0.2) is 36.7 Å². The van der Waals surface area contributed by atoms with E-state index < -0.39 is 0 Å². The van der Waals surface area contributed by atoms with Crippen molar-refractivity contribution in [2.75, 3.05) is 7.11 Å². The third kappa shape index (κ3) is 2.29. The summed E-state index contributed by atoms with van der Waals surface area (Å²) in [5.41, 5.74) is 5.55. The lowest BCUT2D eigenvalue weighted by atomic mass is 10.1. The monoisotopic (exact) mass is 280 g/mol. The number of methoxy groups -OCH3 is 1. The molecule has 0 aliphatic rings. The van der Waals surface area contributed by atoms with Crippen molar-refractivity contribution < 1.29 is 9.53 Å². The van der Waals surface area contributed by atoms with Crippen LogP contribution in [-0.2, 0) is 0 Å². The molecule has 0 amide bonds. The number of nitrogens with zero attached hydrogens (tertiary/aromatic N) is 2. The zero-order chi connectivity index (χ0) is 15.0. The second-order valence-corrected chi connectivity index (χ2v) is 5.11. The van der Waals surface area contributed by atoms with Crippen molar-refractivity contribution in [3.05, 3.63) is 53.3 Å². The van der Waals surface area contributed by atoms with Crippen molar-refractivity contribution in [3.8, 4) is 17.0 Å². The van der Waals surface area contributed by atoms with Gasteiger partial charge < -0.3 is 9.14 Å². The largest absolute Gasteiger partial charge is 0.497 e. The van der Waals surface area contributed by atoms with Gasteiger partial charge in [0.25, 0.3) is 0 Å². The quantitative estimate of drug-likeness (QED) is 0.690. The molecule has 1 aromatic carbocycles. The van der Waals surface area contributed by atoms with E-state index in [2.05, 4.69) is 4.98 Å². The van der Waals surface area contributed by atoms with E-state index in [1.165, 1.54) is 0 Å². The number of benzene rings is 1. The molecule has 3 aromatic rings. The highest BCUT2D eigenvalue weighted by Crippen LogP contribution is 2.27. The number of hydrogen-bond donors (Lipinski definition) is 0. The first-order chi connectivity index (χ1) is 10.1. The first-order valence-electron chi connectivity index (χ1n) is 6.72. The molecule has 0 spiro atoms. The fourth-order valence-corrected chi connectivity index (χ4v) is 2.54. The zero-order valence-electron chi connectivity index (χ0n) is 12.3. The van der Waals surface area contributed by atoms with Gasteiger partial charge in [-0.25, -0.2) is 4.98 Å². The molecule has 3 rings (SSSR count). The molecule has 0 aliphatic carbocycles. The smallest absolute Gasteiger partial charge is 0.151 e. The summed E-state index contributed by atoms with van der Waals surface area (Å²) in [4.78, 5) is 15.6. The molecule has 0 saturated heterocycles. The summed E-state index contributed by atoms with van der Waals surface area (Å²) >= 11 is 0. The fraction of sp³-hybridized carbons (Fsp3) is 0.176. The third-order valence-electron chi connectivity index (χ3n) is 3.60. The Balaban J connectivity index is 2.17. The van der Waals surface area contributed by atoms with Gasteiger partial charge in [-0.15, -0.1) is 0 Å². The number of carbonyl (C=O) groups is 1. The maximum atomic E-state index is 11.0. The fourth-order valence-electron chi connectivity index (χ4n) is 2.54. The Kier molecular flexibility index (Phi) is 3.22. The van der Waals surface area contributed by atoms with E-state index >= 15 is 0 Å². The molecule has 4 nitrogen and oxygen atoms in total. The Hall–Kier alpha value is -2.62. The number of aldehydes is 1. The Morgan fingerprint density at radius 1 is 1.14 bits per heavy atom. The van der Waals surface area contributed by atoms with Crippen LogP contribution in [0.4, 0.5) is 0 Å². The predicted octanol–water partition coefficient (Wildman–Crippen LogP) is 3.44. The minimum absolute atomic E-state index is 0.649. The van der Waals surface area contributed by atoms with Gasteiger partial charge in [-0.1, -0.05) is 0 Å². The summed E-state index contributed by atoms with van der Waals surface area (Å²) < 4.78 is 7.13. The van der Waals surface area contributed by atoms with Crippen LogP contribution in [0, 0.1) is 13.8 Å². The molecule has 0 unspecified atom stereocenters. The minimum atomic E-state index is 0.649. The molecule has 2 heterocycles. The van der Waals surface area contributed by atoms with Crippen molar-refractivity contribution >= 4 is 11.9 Å². The predicted molar refractivity (Wildman–Crippen MR) is 82.0 cm³/mol. The number of imidazole rings is 1. The van der Waals surface area contributed by atoms with E-state index in [0.717, 1.165) is 40.1 Å². The molecule has 0 atom stereocenters. The van der Waals surface area contributed by atoms with Gasteiger partial charge in [0, 0.05) is 23.5 Å². The Morgan fingerprint density at radius 2 is 1.95 bits per heavy atom. The molecule has 0 aliphatic heterocycles. The lowest BCUT2D eigenvalue weighted by Crippen LogP contribution is -1.91. The SMILES string of the molecule is COc1ccc(-c2cn3cc(C=O)cc(C)c3n2)c(C)c1. The van der Waals surface area contributed by atoms with Gasteiger partial charge in [0.2, 0.25) is 0 Å². The average molecular weight is 280 g/mol. The summed E-state index contributed by atoms with van der Waals surface area (Å²) in [6.07, 6.45) is 4.60. The highest BCUT2D eigenvalue weighted by molar-refractivity contribution is 5.77. The van der Waals surface area contributed by atoms with Crippen molar-refractivity contribution in [1.82, 2.24) is 9.38 Å². The number of aromatic nitrogens is 2. The molecule has 0 radical (unpaired) electrons. The van der Waals surface area contributed by atoms with E-state index in [9.17, 15) is 4.79 Å². The van der Waals surface area contributed by atoms with E-state index in [-0.39, 0.29) is 0 Å². The second kappa shape index (κ2) is 5.05. The molecule has 106 valence electrons. The van der Waals surface area contributed by atoms with Gasteiger partial charge in [0.1, 0.15) is 11.4 Å². The summed E-state index contributed by atoms with van der Waals surface area (Å²) in [5.74, 6) is 0.833. The zero-order valence-corrected chi connectivity index (χ0v) is 12.3. The highest BCUT2D eigenvalue weighted by atomic mass is 16.5. The lowest BCUT2D eigenvalue weighted by Gasteiger charge is -2.05. The number of ether oxygens (including phenoxy) is 1. The van der Waals surface area contributed by atoms with E-state index in [1.807, 2.05) is 48.7 Å². The van der Waals surface area contributed by atoms with Crippen LogP contribution in [0.2, 0.25) is 0 Å². The van der Waals surface area contributed by atoms with Crippen LogP contribution >= 0.6 is 0 Å². The lowest BCUT2D eigenvalue weighted by molar-refractivity contribution is 0.112. The molecule has 0 saturated carbocycles. The van der Waals surface area contributed by atoms with Gasteiger partial charge in [-0.2, -0.15) is 0 Å². The van der Waals surface area contributed by atoms with E-state index in [0.29, 0.717) is 5.56 Å². The molecular formula is C17H16N2O2. The first kappa shape index (κ1) is 13.4. The molecule has 0 fully saturated rings. The maximum Gasteiger partial charge on any atom is 0.151 e. The van der Waals surface area contributed by atoms with E-state index in [1.54, 1.807) is 13.3 Å².